The third-order valence-corrected chi connectivity index (χ3v) is 7.71. The predicted octanol–water partition coefficient (Wildman–Crippen LogP) is 5.64. The van der Waals surface area contributed by atoms with Crippen LogP contribution in [-0.2, 0) is 11.2 Å². The lowest BCUT2D eigenvalue weighted by atomic mass is 9.99. The lowest BCUT2D eigenvalue weighted by molar-refractivity contribution is -0.615. The van der Waals surface area contributed by atoms with Crippen LogP contribution in [0.25, 0.3) is 27.9 Å². The zero-order valence-corrected chi connectivity index (χ0v) is 25.3. The maximum Gasteiger partial charge on any atom is 0.411 e. The van der Waals surface area contributed by atoms with Gasteiger partial charge < -0.3 is 14.7 Å². The summed E-state index contributed by atoms with van der Waals surface area (Å²) in [5, 5.41) is 32.1. The summed E-state index contributed by atoms with van der Waals surface area (Å²) in [6.45, 7) is 0. The van der Waals surface area contributed by atoms with Crippen LogP contribution < -0.4 is 14.8 Å². The Morgan fingerprint density at radius 3 is 2.54 bits per heavy atom. The molecule has 1 atom stereocenters. The van der Waals surface area contributed by atoms with E-state index in [1.165, 1.54) is 30.4 Å². The smallest absolute Gasteiger partial charge is 0.411 e. The molecule has 0 bridgehead atoms. The molecule has 3 aromatic carbocycles. The molecule has 1 N–H and O–H groups in total. The van der Waals surface area contributed by atoms with Gasteiger partial charge in [-0.1, -0.05) is 41.9 Å². The molecule has 3 aromatic heterocycles. The summed E-state index contributed by atoms with van der Waals surface area (Å²) in [6, 6.07) is 20.4. The molecule has 1 unspecified atom stereocenters. The van der Waals surface area contributed by atoms with Gasteiger partial charge in [-0.05, 0) is 58.0 Å². The zero-order valence-electron chi connectivity index (χ0n) is 24.5. The molecule has 0 saturated heterocycles. The Kier molecular flexibility index (Phi) is 8.57. The standard InChI is InChI=1S/C32H26ClFN8O4/c1-45-29-6-4-3-5-21(29)15-28(40-17-23(16-36-40)20-7-10-24(11-8-20)37-32(43)46-2)26-13-9-22(18-42(26)44)30-27(41-19-35-38-39-41)14-12-25(33)31(30)34/h3-14,16-19,28H,15H2,1-2H3,(H,37,43). The number of pyridine rings is 1. The van der Waals surface area contributed by atoms with E-state index in [-0.39, 0.29) is 16.1 Å². The molecule has 0 radical (unpaired) electrons. The van der Waals surface area contributed by atoms with Gasteiger partial charge in [0.05, 0.1) is 42.3 Å². The van der Waals surface area contributed by atoms with Gasteiger partial charge in [0, 0.05) is 29.9 Å². The molecule has 14 heteroatoms. The number of carbonyl (C=O) groups excluding carboxylic acids is 1. The van der Waals surface area contributed by atoms with Crippen LogP contribution in [0.5, 0.6) is 5.75 Å². The van der Waals surface area contributed by atoms with E-state index in [0.29, 0.717) is 34.0 Å². The maximum atomic E-state index is 15.5. The van der Waals surface area contributed by atoms with E-state index in [9.17, 15) is 10.0 Å². The Morgan fingerprint density at radius 1 is 1.04 bits per heavy atom. The third kappa shape index (κ3) is 6.08. The summed E-state index contributed by atoms with van der Waals surface area (Å²) >= 11 is 6.14. The second kappa shape index (κ2) is 13.0. The number of methoxy groups -OCH3 is 2. The Bertz CT molecular complexity index is 2000. The number of amides is 1. The average molecular weight is 641 g/mol. The molecule has 12 nitrogen and oxygen atoms in total. The number of hydrogen-bond donors (Lipinski definition) is 1. The Morgan fingerprint density at radius 2 is 1.83 bits per heavy atom. The van der Waals surface area contributed by atoms with Crippen LogP contribution in [0.1, 0.15) is 17.3 Å². The first-order valence-corrected chi connectivity index (χ1v) is 14.3. The van der Waals surface area contributed by atoms with E-state index in [2.05, 4.69) is 30.7 Å². The van der Waals surface area contributed by atoms with Crippen LogP contribution >= 0.6 is 11.6 Å². The van der Waals surface area contributed by atoms with Gasteiger partial charge in [-0.3, -0.25) is 10.00 Å². The highest BCUT2D eigenvalue weighted by Gasteiger charge is 2.27. The minimum Gasteiger partial charge on any atom is -0.618 e. The fraction of sp³-hybridized carbons (Fsp3) is 0.125. The van der Waals surface area contributed by atoms with Crippen molar-refractivity contribution in [1.29, 1.82) is 0 Å². The largest absolute Gasteiger partial charge is 0.618 e. The van der Waals surface area contributed by atoms with Gasteiger partial charge in [-0.15, -0.1) is 5.10 Å². The molecule has 46 heavy (non-hydrogen) atoms. The van der Waals surface area contributed by atoms with E-state index in [4.69, 9.17) is 16.3 Å². The molecule has 0 aliphatic rings. The predicted molar refractivity (Wildman–Crippen MR) is 167 cm³/mol. The minimum absolute atomic E-state index is 0.0729. The van der Waals surface area contributed by atoms with Gasteiger partial charge in [-0.25, -0.2) is 9.18 Å². The molecule has 0 fully saturated rings. The highest BCUT2D eigenvalue weighted by atomic mass is 35.5. The van der Waals surface area contributed by atoms with Crippen molar-refractivity contribution in [2.24, 2.45) is 0 Å². The third-order valence-electron chi connectivity index (χ3n) is 7.42. The summed E-state index contributed by atoms with van der Waals surface area (Å²) in [5.74, 6) is -0.0489. The summed E-state index contributed by atoms with van der Waals surface area (Å²) in [6.07, 6.45) is 5.94. The van der Waals surface area contributed by atoms with Crippen molar-refractivity contribution in [2.75, 3.05) is 19.5 Å². The summed E-state index contributed by atoms with van der Waals surface area (Å²) in [5.41, 5.74) is 4.08. The van der Waals surface area contributed by atoms with Gasteiger partial charge in [-0.2, -0.15) is 14.5 Å². The van der Waals surface area contributed by atoms with E-state index in [0.717, 1.165) is 16.7 Å². The summed E-state index contributed by atoms with van der Waals surface area (Å²) in [4.78, 5) is 11.6. The summed E-state index contributed by atoms with van der Waals surface area (Å²) in [7, 11) is 2.88. The minimum atomic E-state index is -0.711. The topological polar surface area (TPSA) is 136 Å². The number of halogens is 2. The number of tetrazole rings is 1. The lowest BCUT2D eigenvalue weighted by Crippen LogP contribution is -2.36. The summed E-state index contributed by atoms with van der Waals surface area (Å²) < 4.78 is 29.4. The molecule has 0 aliphatic carbocycles. The number of benzene rings is 3. The number of anilines is 1. The Hall–Kier alpha value is -5.82. The number of aromatic nitrogens is 7. The molecule has 6 aromatic rings. The number of nitrogens with one attached hydrogen (secondary N) is 1. The molecule has 1 amide bonds. The van der Waals surface area contributed by atoms with Crippen LogP contribution in [0.2, 0.25) is 5.02 Å². The number of ether oxygens (including phenoxy) is 2. The second-order valence-electron chi connectivity index (χ2n) is 10.1. The van der Waals surface area contributed by atoms with E-state index in [1.54, 1.807) is 48.3 Å². The molecular weight excluding hydrogens is 615 g/mol. The second-order valence-corrected chi connectivity index (χ2v) is 10.5. The van der Waals surface area contributed by atoms with Crippen molar-refractivity contribution in [3.63, 3.8) is 0 Å². The number of nitrogens with zero attached hydrogens (tertiary/aromatic N) is 7. The molecule has 0 aliphatic heterocycles. The number of carbonyl (C=O) groups is 1. The maximum absolute atomic E-state index is 15.5. The van der Waals surface area contributed by atoms with E-state index < -0.39 is 18.0 Å². The molecule has 3 heterocycles. The lowest BCUT2D eigenvalue weighted by Gasteiger charge is -2.19. The Balaban J connectivity index is 1.40. The fourth-order valence-corrected chi connectivity index (χ4v) is 5.32. The van der Waals surface area contributed by atoms with Crippen molar-refractivity contribution < 1.29 is 23.4 Å². The first-order valence-electron chi connectivity index (χ1n) is 13.9. The SMILES string of the molecule is COC(=O)Nc1ccc(-c2cnn(C(Cc3ccccc3OC)c3ccc(-c4c(-n5cnnn5)ccc(Cl)c4F)c[n+]3[O-])c2)cc1. The molecule has 0 saturated carbocycles. The van der Waals surface area contributed by atoms with Crippen molar-refractivity contribution in [3.05, 3.63) is 125 Å². The van der Waals surface area contributed by atoms with Crippen LogP contribution in [0.3, 0.4) is 0 Å². The van der Waals surface area contributed by atoms with Crippen molar-refractivity contribution in [1.82, 2.24) is 30.0 Å². The van der Waals surface area contributed by atoms with Crippen molar-refractivity contribution in [2.45, 2.75) is 12.5 Å². The molecule has 232 valence electrons. The first-order chi connectivity index (χ1) is 22.4. The number of rotatable bonds is 9. The Labute approximate surface area is 267 Å². The molecule has 6 rings (SSSR count). The quantitative estimate of drug-likeness (QED) is 0.158. The van der Waals surface area contributed by atoms with Gasteiger partial charge in [0.25, 0.3) is 0 Å². The highest BCUT2D eigenvalue weighted by Crippen LogP contribution is 2.34. The van der Waals surface area contributed by atoms with Gasteiger partial charge in [0.15, 0.2) is 12.0 Å². The van der Waals surface area contributed by atoms with Gasteiger partial charge in [0.2, 0.25) is 5.69 Å². The first kappa shape index (κ1) is 30.2. The van der Waals surface area contributed by atoms with Crippen LogP contribution in [-0.4, -0.2) is 50.3 Å². The van der Waals surface area contributed by atoms with Crippen LogP contribution in [0.15, 0.2) is 97.7 Å². The monoisotopic (exact) mass is 640 g/mol. The van der Waals surface area contributed by atoms with Gasteiger partial charge >= 0.3 is 6.09 Å². The normalized spacial score (nSPS) is 11.7. The van der Waals surface area contributed by atoms with E-state index >= 15 is 4.39 Å². The van der Waals surface area contributed by atoms with Crippen molar-refractivity contribution in [3.8, 4) is 33.7 Å². The fourth-order valence-electron chi connectivity index (χ4n) is 5.16. The van der Waals surface area contributed by atoms with E-state index in [1.807, 2.05) is 42.6 Å². The average Bonchev–Trinajstić information content (AvgIpc) is 3.79. The zero-order chi connectivity index (χ0) is 32.2. The van der Waals surface area contributed by atoms with Crippen LogP contribution in [0.4, 0.5) is 14.9 Å². The number of para-hydroxylation sites is 1. The molecular formula is C32H26ClFN8O4. The highest BCUT2D eigenvalue weighted by molar-refractivity contribution is 6.31. The van der Waals surface area contributed by atoms with Crippen LogP contribution in [0, 0.1) is 11.0 Å². The van der Waals surface area contributed by atoms with Gasteiger partial charge in [0.1, 0.15) is 18.1 Å². The number of hydrogen-bond acceptors (Lipinski definition) is 8. The van der Waals surface area contributed by atoms with Crippen molar-refractivity contribution >= 4 is 23.4 Å². The molecule has 0 spiro atoms.